The second-order valence-corrected chi connectivity index (χ2v) is 11.6. The monoisotopic (exact) mass is 550 g/mol. The van der Waals surface area contributed by atoms with E-state index in [1.807, 2.05) is 37.8 Å². The molecule has 2 fully saturated rings. The van der Waals surface area contributed by atoms with Crippen LogP contribution in [-0.2, 0) is 25.5 Å². The van der Waals surface area contributed by atoms with Crippen LogP contribution in [0.25, 0.3) is 0 Å². The van der Waals surface area contributed by atoms with Gasteiger partial charge in [-0.25, -0.2) is 9.59 Å². The van der Waals surface area contributed by atoms with Crippen LogP contribution < -0.4 is 10.2 Å². The van der Waals surface area contributed by atoms with Crippen LogP contribution in [0.2, 0.25) is 0 Å². The molecule has 0 spiro atoms. The van der Waals surface area contributed by atoms with E-state index in [4.69, 9.17) is 21.1 Å². The lowest BCUT2D eigenvalue weighted by Gasteiger charge is -2.36. The number of anilines is 1. The number of alkyl halides is 1. The highest BCUT2D eigenvalue weighted by Gasteiger charge is 2.39. The predicted octanol–water partition coefficient (Wildman–Crippen LogP) is 3.66. The molecule has 2 aliphatic heterocycles. The van der Waals surface area contributed by atoms with Crippen molar-refractivity contribution in [1.82, 2.24) is 15.1 Å². The molecule has 10 nitrogen and oxygen atoms in total. The molecule has 3 amide bonds. The average Bonchev–Trinajstić information content (AvgIpc) is 3.68. The van der Waals surface area contributed by atoms with E-state index < -0.39 is 23.9 Å². The number of carbonyl (C=O) groups excluding carboxylic acids is 3. The Hall–Kier alpha value is -2.72. The highest BCUT2D eigenvalue weighted by molar-refractivity contribution is 6.22. The molecule has 1 N–H and O–H groups in total. The molecule has 1 aliphatic carbocycles. The maximum absolute atomic E-state index is 13.6. The molecule has 2 atom stereocenters. The number of carbonyl (C=O) groups is 3. The fourth-order valence-corrected chi connectivity index (χ4v) is 5.16. The summed E-state index contributed by atoms with van der Waals surface area (Å²) in [7, 11) is 1.35. The van der Waals surface area contributed by atoms with Crippen molar-refractivity contribution in [2.75, 3.05) is 51.3 Å². The zero-order chi connectivity index (χ0) is 27.4. The van der Waals surface area contributed by atoms with Gasteiger partial charge in [0, 0.05) is 44.5 Å². The first kappa shape index (κ1) is 28.3. The summed E-state index contributed by atoms with van der Waals surface area (Å²) in [6, 6.07) is 6.38. The zero-order valence-corrected chi connectivity index (χ0v) is 23.5. The van der Waals surface area contributed by atoms with E-state index in [1.165, 1.54) is 7.11 Å². The van der Waals surface area contributed by atoms with Crippen LogP contribution in [0.4, 0.5) is 15.3 Å². The van der Waals surface area contributed by atoms with Crippen molar-refractivity contribution in [3.63, 3.8) is 0 Å². The van der Waals surface area contributed by atoms with E-state index in [0.29, 0.717) is 32.8 Å². The highest BCUT2D eigenvalue weighted by Crippen LogP contribution is 2.40. The number of halogens is 1. The first-order valence-electron chi connectivity index (χ1n) is 13.3. The van der Waals surface area contributed by atoms with E-state index in [0.717, 1.165) is 42.6 Å². The fraction of sp³-hybridized carbons (Fsp3) is 0.667. The van der Waals surface area contributed by atoms with Crippen LogP contribution in [-0.4, -0.2) is 92.1 Å². The summed E-state index contributed by atoms with van der Waals surface area (Å²) in [6.45, 7) is 8.77. The molecule has 210 valence electrons. The van der Waals surface area contributed by atoms with E-state index in [2.05, 4.69) is 21.0 Å². The summed E-state index contributed by atoms with van der Waals surface area (Å²) in [5, 5.41) is 2.60. The number of benzene rings is 1. The van der Waals surface area contributed by atoms with Gasteiger partial charge in [0.05, 0.1) is 25.6 Å². The molecule has 2 heterocycles. The Balaban J connectivity index is 1.40. The van der Waals surface area contributed by atoms with Crippen LogP contribution in [0.15, 0.2) is 18.2 Å². The Bertz CT molecular complexity index is 1030. The minimum atomic E-state index is -0.711. The second kappa shape index (κ2) is 12.0. The van der Waals surface area contributed by atoms with E-state index in [9.17, 15) is 14.4 Å². The quantitative estimate of drug-likeness (QED) is 0.389. The molecule has 1 aromatic rings. The Labute approximate surface area is 229 Å². The Morgan fingerprint density at radius 1 is 1.21 bits per heavy atom. The Morgan fingerprint density at radius 3 is 2.66 bits per heavy atom. The zero-order valence-electron chi connectivity index (χ0n) is 22.7. The van der Waals surface area contributed by atoms with Crippen LogP contribution in [0.3, 0.4) is 0 Å². The standard InChI is InChI=1S/C27H39ClN4O6/c1-27(2,3)38-26(35)31-12-13-37-23(17-31)24(33)32(19-7-8-19)15-18-6-9-20-21(28)16-30(22(20)14-18)11-5-10-29-25(34)36-4/h6,9,14,19,21,23H,5,7-8,10-13,15-17H2,1-4H3,(H,29,34). The van der Waals surface area contributed by atoms with Gasteiger partial charge in [0.25, 0.3) is 5.91 Å². The normalized spacial score (nSPS) is 21.1. The summed E-state index contributed by atoms with van der Waals surface area (Å²) >= 11 is 6.62. The van der Waals surface area contributed by atoms with Crippen molar-refractivity contribution in [2.45, 2.75) is 69.7 Å². The molecule has 1 saturated heterocycles. The largest absolute Gasteiger partial charge is 0.453 e. The third-order valence-corrected chi connectivity index (χ3v) is 7.20. The summed E-state index contributed by atoms with van der Waals surface area (Å²) in [4.78, 5) is 43.1. The molecular formula is C27H39ClN4O6. The molecule has 11 heteroatoms. The lowest BCUT2D eigenvalue weighted by molar-refractivity contribution is -0.150. The van der Waals surface area contributed by atoms with Gasteiger partial charge < -0.3 is 34.2 Å². The molecule has 3 aliphatic rings. The number of ether oxygens (including phenoxy) is 3. The lowest BCUT2D eigenvalue weighted by atomic mass is 10.1. The van der Waals surface area contributed by atoms with Gasteiger partial charge in [0.1, 0.15) is 5.60 Å². The van der Waals surface area contributed by atoms with Crippen molar-refractivity contribution in [2.24, 2.45) is 0 Å². The van der Waals surface area contributed by atoms with E-state index >= 15 is 0 Å². The third kappa shape index (κ3) is 7.22. The Kier molecular flexibility index (Phi) is 8.92. The number of rotatable bonds is 8. The first-order chi connectivity index (χ1) is 18.1. The molecule has 2 unspecified atom stereocenters. The number of methoxy groups -OCH3 is 1. The Morgan fingerprint density at radius 2 is 1.97 bits per heavy atom. The lowest BCUT2D eigenvalue weighted by Crippen LogP contribution is -2.53. The van der Waals surface area contributed by atoms with Crippen molar-refractivity contribution in [1.29, 1.82) is 0 Å². The van der Waals surface area contributed by atoms with Crippen LogP contribution in [0.1, 0.15) is 56.5 Å². The number of amides is 3. The third-order valence-electron chi connectivity index (χ3n) is 6.83. The van der Waals surface area contributed by atoms with Gasteiger partial charge in [-0.1, -0.05) is 12.1 Å². The fourth-order valence-electron chi connectivity index (χ4n) is 4.81. The van der Waals surface area contributed by atoms with Crippen molar-refractivity contribution < 1.29 is 28.6 Å². The number of hydrogen-bond donors (Lipinski definition) is 1. The summed E-state index contributed by atoms with van der Waals surface area (Å²) in [5.74, 6) is -0.0952. The molecule has 4 rings (SSSR count). The molecule has 0 radical (unpaired) electrons. The van der Waals surface area contributed by atoms with Gasteiger partial charge in [0.2, 0.25) is 0 Å². The van der Waals surface area contributed by atoms with E-state index in [1.54, 1.807) is 4.90 Å². The maximum atomic E-state index is 13.6. The molecule has 1 aromatic carbocycles. The van der Waals surface area contributed by atoms with Gasteiger partial charge in [-0.05, 0) is 57.2 Å². The number of fused-ring (bicyclic) bond motifs is 1. The maximum Gasteiger partial charge on any atom is 0.410 e. The van der Waals surface area contributed by atoms with Crippen LogP contribution in [0, 0.1) is 0 Å². The molecule has 1 saturated carbocycles. The molecule has 0 bridgehead atoms. The minimum absolute atomic E-state index is 0.0952. The summed E-state index contributed by atoms with van der Waals surface area (Å²) < 4.78 is 15.9. The average molecular weight is 551 g/mol. The predicted molar refractivity (Wildman–Crippen MR) is 143 cm³/mol. The number of nitrogens with zero attached hydrogens (tertiary/aromatic N) is 3. The van der Waals surface area contributed by atoms with Gasteiger partial charge in [-0.3, -0.25) is 4.79 Å². The molecular weight excluding hydrogens is 512 g/mol. The highest BCUT2D eigenvalue weighted by atomic mass is 35.5. The van der Waals surface area contributed by atoms with Gasteiger partial charge in [0.15, 0.2) is 6.10 Å². The van der Waals surface area contributed by atoms with Crippen molar-refractivity contribution in [3.05, 3.63) is 29.3 Å². The first-order valence-corrected chi connectivity index (χ1v) is 13.7. The van der Waals surface area contributed by atoms with Crippen molar-refractivity contribution in [3.8, 4) is 0 Å². The van der Waals surface area contributed by atoms with Gasteiger partial charge in [-0.15, -0.1) is 11.6 Å². The second-order valence-electron chi connectivity index (χ2n) is 11.1. The topological polar surface area (TPSA) is 101 Å². The van der Waals surface area contributed by atoms with Gasteiger partial charge in [-0.2, -0.15) is 0 Å². The summed E-state index contributed by atoms with van der Waals surface area (Å²) in [5.41, 5.74) is 2.56. The summed E-state index contributed by atoms with van der Waals surface area (Å²) in [6.07, 6.45) is 1.10. The smallest absolute Gasteiger partial charge is 0.410 e. The van der Waals surface area contributed by atoms with E-state index in [-0.39, 0.29) is 23.9 Å². The molecule has 38 heavy (non-hydrogen) atoms. The molecule has 0 aromatic heterocycles. The SMILES string of the molecule is COC(=O)NCCCN1CC(Cl)c2ccc(CN(C(=O)C3CN(C(=O)OC(C)(C)C)CCO3)C3CC3)cc21. The van der Waals surface area contributed by atoms with Crippen molar-refractivity contribution >= 4 is 35.4 Å². The van der Waals surface area contributed by atoms with Gasteiger partial charge >= 0.3 is 12.2 Å². The van der Waals surface area contributed by atoms with Crippen LogP contribution in [0.5, 0.6) is 0 Å². The number of hydrogen-bond acceptors (Lipinski definition) is 7. The minimum Gasteiger partial charge on any atom is -0.453 e. The number of alkyl carbamates (subject to hydrolysis) is 1. The van der Waals surface area contributed by atoms with Crippen LogP contribution >= 0.6 is 11.6 Å². The number of morpholine rings is 1. The number of nitrogens with one attached hydrogen (secondary N) is 1.